The van der Waals surface area contributed by atoms with Crippen LogP contribution in [0, 0.1) is 17.6 Å². The van der Waals surface area contributed by atoms with Crippen LogP contribution in [0.3, 0.4) is 0 Å². The molecule has 4 rings (SSSR count). The fraction of sp³-hybridized carbons (Fsp3) is 0.304. The highest BCUT2D eigenvalue weighted by atomic mass is 19.1. The first-order valence-corrected chi connectivity index (χ1v) is 10.6. The van der Waals surface area contributed by atoms with Crippen molar-refractivity contribution in [2.45, 2.75) is 38.0 Å². The maximum Gasteiger partial charge on any atom is 0.320 e. The number of carboxylic acid groups (broad SMARTS) is 1. The molecule has 0 unspecified atom stereocenters. The van der Waals surface area contributed by atoms with Crippen LogP contribution in [-0.2, 0) is 4.79 Å². The molecule has 172 valence electrons. The average molecular weight is 456 g/mol. The molecule has 33 heavy (non-hydrogen) atoms. The molecule has 3 aromatic rings. The highest BCUT2D eigenvalue weighted by molar-refractivity contribution is 6.00. The van der Waals surface area contributed by atoms with Crippen LogP contribution in [0.15, 0.2) is 46.9 Å². The zero-order chi connectivity index (χ0) is 23.4. The second-order valence-electron chi connectivity index (χ2n) is 8.03. The maximum atomic E-state index is 13.7. The predicted molar refractivity (Wildman–Crippen MR) is 115 cm³/mol. The number of carbonyl (C=O) groups excluding carboxylic acids is 1. The number of carboxylic acids is 1. The Labute approximate surface area is 188 Å². The van der Waals surface area contributed by atoms with E-state index in [0.717, 1.165) is 43.4 Å². The summed E-state index contributed by atoms with van der Waals surface area (Å²) in [7, 11) is 0. The molecule has 0 radical (unpaired) electrons. The minimum Gasteiger partial charge on any atom is -0.481 e. The Bertz CT molecular complexity index is 1120. The first-order valence-electron chi connectivity index (χ1n) is 10.6. The normalized spacial score (nSPS) is 18.0. The van der Waals surface area contributed by atoms with Gasteiger partial charge in [-0.3, -0.25) is 9.59 Å². The Morgan fingerprint density at radius 2 is 1.67 bits per heavy atom. The van der Waals surface area contributed by atoms with Gasteiger partial charge in [0.15, 0.2) is 0 Å². The van der Waals surface area contributed by atoms with Crippen LogP contribution in [0.25, 0.3) is 0 Å². The van der Waals surface area contributed by atoms with Gasteiger partial charge in [0, 0.05) is 12.1 Å². The van der Waals surface area contributed by atoms with E-state index in [1.165, 1.54) is 6.07 Å². The van der Waals surface area contributed by atoms with Crippen LogP contribution < -0.4 is 10.6 Å². The van der Waals surface area contributed by atoms with E-state index in [1.807, 2.05) is 12.1 Å². The van der Waals surface area contributed by atoms with Gasteiger partial charge >= 0.3 is 23.8 Å². The van der Waals surface area contributed by atoms with Crippen molar-refractivity contribution in [3.05, 3.63) is 65.6 Å². The van der Waals surface area contributed by atoms with Gasteiger partial charge in [-0.15, -0.1) is 5.10 Å². The molecule has 8 nitrogen and oxygen atoms in total. The molecular formula is C23H22F2N4O4. The minimum atomic E-state index is -0.838. The van der Waals surface area contributed by atoms with E-state index in [9.17, 15) is 18.4 Å². The number of halogens is 2. The summed E-state index contributed by atoms with van der Waals surface area (Å²) in [4.78, 5) is 23.3. The van der Waals surface area contributed by atoms with Crippen molar-refractivity contribution in [3.63, 3.8) is 0 Å². The Balaban J connectivity index is 1.33. The molecule has 10 heteroatoms. The molecule has 0 bridgehead atoms. The third-order valence-electron chi connectivity index (χ3n) is 5.76. The molecule has 3 N–H and O–H groups in total. The summed E-state index contributed by atoms with van der Waals surface area (Å²) >= 11 is 0. The summed E-state index contributed by atoms with van der Waals surface area (Å²) in [6.45, 7) is 0. The molecule has 0 saturated heterocycles. The van der Waals surface area contributed by atoms with Gasteiger partial charge < -0.3 is 20.2 Å². The van der Waals surface area contributed by atoms with Crippen LogP contribution in [0.1, 0.15) is 54.3 Å². The van der Waals surface area contributed by atoms with E-state index in [2.05, 4.69) is 20.8 Å². The van der Waals surface area contributed by atoms with Gasteiger partial charge in [0.05, 0.1) is 0 Å². The lowest BCUT2D eigenvalue weighted by atomic mass is 9.77. The number of aromatic nitrogens is 2. The van der Waals surface area contributed by atoms with Gasteiger partial charge in [-0.05, 0) is 67.3 Å². The molecule has 1 amide bonds. The molecule has 1 aromatic heterocycles. The van der Waals surface area contributed by atoms with Crippen molar-refractivity contribution < 1.29 is 27.9 Å². The number of aliphatic carboxylic acids is 1. The zero-order valence-electron chi connectivity index (χ0n) is 17.6. The summed E-state index contributed by atoms with van der Waals surface area (Å²) < 4.78 is 32.6. The fourth-order valence-corrected chi connectivity index (χ4v) is 4.06. The molecule has 0 atom stereocenters. The summed E-state index contributed by atoms with van der Waals surface area (Å²) in [6, 6.07) is 10.4. The SMILES string of the molecule is O=C(O)C[C@H]1CC[C@H](c2ccc(NC(=O)c3nnc(Nc4c(F)cccc4F)o3)cc2)CC1. The molecule has 1 aliphatic carbocycles. The molecule has 1 saturated carbocycles. The summed E-state index contributed by atoms with van der Waals surface area (Å²) in [5.74, 6) is -2.85. The third-order valence-corrected chi connectivity index (χ3v) is 5.76. The number of anilines is 3. The number of nitrogens with zero attached hydrogens (tertiary/aromatic N) is 2. The van der Waals surface area contributed by atoms with Crippen molar-refractivity contribution in [1.82, 2.24) is 10.2 Å². The number of benzene rings is 2. The number of hydrogen-bond donors (Lipinski definition) is 3. The Morgan fingerprint density at radius 3 is 2.30 bits per heavy atom. The highest BCUT2D eigenvalue weighted by Gasteiger charge is 2.24. The molecule has 1 fully saturated rings. The Kier molecular flexibility index (Phi) is 6.62. The predicted octanol–water partition coefficient (Wildman–Crippen LogP) is 5.09. The summed E-state index contributed by atoms with van der Waals surface area (Å²) in [6.07, 6.45) is 3.87. The number of rotatable bonds is 7. The quantitative estimate of drug-likeness (QED) is 0.453. The lowest BCUT2D eigenvalue weighted by Crippen LogP contribution is -2.16. The van der Waals surface area contributed by atoms with Gasteiger partial charge in [0.2, 0.25) is 0 Å². The van der Waals surface area contributed by atoms with Crippen molar-refractivity contribution in [2.24, 2.45) is 5.92 Å². The molecule has 1 aliphatic rings. The molecule has 0 spiro atoms. The van der Waals surface area contributed by atoms with Crippen molar-refractivity contribution in [3.8, 4) is 0 Å². The van der Waals surface area contributed by atoms with Gasteiger partial charge in [0.25, 0.3) is 0 Å². The van der Waals surface area contributed by atoms with Gasteiger partial charge in [0.1, 0.15) is 17.3 Å². The van der Waals surface area contributed by atoms with Crippen LogP contribution in [0.5, 0.6) is 0 Å². The smallest absolute Gasteiger partial charge is 0.320 e. The first kappa shape index (κ1) is 22.4. The average Bonchev–Trinajstić information content (AvgIpc) is 3.26. The summed E-state index contributed by atoms with van der Waals surface area (Å²) in [5, 5.41) is 21.1. The number of para-hydroxylation sites is 1. The van der Waals surface area contributed by atoms with Gasteiger partial charge in [-0.1, -0.05) is 23.3 Å². The van der Waals surface area contributed by atoms with E-state index < -0.39 is 29.2 Å². The van der Waals surface area contributed by atoms with E-state index in [4.69, 9.17) is 9.52 Å². The maximum absolute atomic E-state index is 13.7. The Morgan fingerprint density at radius 1 is 1.00 bits per heavy atom. The second-order valence-corrected chi connectivity index (χ2v) is 8.03. The minimum absolute atomic E-state index is 0.222. The van der Waals surface area contributed by atoms with Gasteiger partial charge in [-0.25, -0.2) is 8.78 Å². The van der Waals surface area contributed by atoms with Crippen molar-refractivity contribution in [1.29, 1.82) is 0 Å². The van der Waals surface area contributed by atoms with Crippen LogP contribution in [0.4, 0.5) is 26.2 Å². The fourth-order valence-electron chi connectivity index (χ4n) is 4.06. The third kappa shape index (κ3) is 5.51. The molecular weight excluding hydrogens is 434 g/mol. The first-order chi connectivity index (χ1) is 15.9. The van der Waals surface area contributed by atoms with Crippen LogP contribution >= 0.6 is 0 Å². The second kappa shape index (κ2) is 9.76. The summed E-state index contributed by atoms with van der Waals surface area (Å²) in [5.41, 5.74) is 1.20. The molecule has 1 heterocycles. The van der Waals surface area contributed by atoms with Gasteiger partial charge in [-0.2, -0.15) is 0 Å². The molecule has 0 aliphatic heterocycles. The van der Waals surface area contributed by atoms with Crippen LogP contribution in [0.2, 0.25) is 0 Å². The lowest BCUT2D eigenvalue weighted by molar-refractivity contribution is -0.138. The standard InChI is InChI=1S/C23H22F2N4O4/c24-17-2-1-3-18(25)20(17)27-23-29-28-22(33-23)21(32)26-16-10-8-15(9-11-16)14-6-4-13(5-7-14)12-19(30)31/h1-3,8-11,13-14H,4-7,12H2,(H,26,32)(H,27,29)(H,30,31)/t13-,14-. The van der Waals surface area contributed by atoms with E-state index in [1.54, 1.807) is 12.1 Å². The largest absolute Gasteiger partial charge is 0.481 e. The zero-order valence-corrected chi connectivity index (χ0v) is 17.6. The number of nitrogens with one attached hydrogen (secondary N) is 2. The van der Waals surface area contributed by atoms with Crippen molar-refractivity contribution in [2.75, 3.05) is 10.6 Å². The number of amides is 1. The van der Waals surface area contributed by atoms with Crippen LogP contribution in [-0.4, -0.2) is 27.2 Å². The molecule has 2 aromatic carbocycles. The van der Waals surface area contributed by atoms with Crippen molar-refractivity contribution >= 4 is 29.3 Å². The van der Waals surface area contributed by atoms with E-state index >= 15 is 0 Å². The topological polar surface area (TPSA) is 117 Å². The number of hydrogen-bond acceptors (Lipinski definition) is 6. The Hall–Kier alpha value is -3.82. The highest BCUT2D eigenvalue weighted by Crippen LogP contribution is 2.37. The lowest BCUT2D eigenvalue weighted by Gasteiger charge is -2.28. The van der Waals surface area contributed by atoms with E-state index in [-0.39, 0.29) is 24.2 Å². The number of carbonyl (C=O) groups is 2. The van der Waals surface area contributed by atoms with E-state index in [0.29, 0.717) is 11.6 Å². The monoisotopic (exact) mass is 456 g/mol.